The first-order chi connectivity index (χ1) is 9.88. The molecule has 0 radical (unpaired) electrons. The summed E-state index contributed by atoms with van der Waals surface area (Å²) in [5.41, 5.74) is 0. The van der Waals surface area contributed by atoms with Crippen molar-refractivity contribution in [3.63, 3.8) is 0 Å². The molecule has 2 aromatic rings. The van der Waals surface area contributed by atoms with E-state index in [1.165, 1.54) is 23.5 Å². The summed E-state index contributed by atoms with van der Waals surface area (Å²) in [5, 5.41) is 2.85. The van der Waals surface area contributed by atoms with E-state index in [1.807, 2.05) is 6.92 Å². The van der Waals surface area contributed by atoms with Gasteiger partial charge in [-0.3, -0.25) is 0 Å². The Bertz CT molecular complexity index is 729. The molecule has 0 aliphatic carbocycles. The number of nitrogens with one attached hydrogen (secondary N) is 2. The van der Waals surface area contributed by atoms with Crippen LogP contribution in [0.1, 0.15) is 9.75 Å². The maximum atomic E-state index is 12.9. The Balaban J connectivity index is 1.89. The van der Waals surface area contributed by atoms with Crippen LogP contribution in [0.5, 0.6) is 0 Å². The van der Waals surface area contributed by atoms with Crippen LogP contribution in [0.3, 0.4) is 0 Å². The second-order valence-electron chi connectivity index (χ2n) is 4.45. The van der Waals surface area contributed by atoms with Gasteiger partial charge in [-0.15, -0.1) is 11.3 Å². The van der Waals surface area contributed by atoms with Crippen LogP contribution in [0, 0.1) is 19.8 Å². The summed E-state index contributed by atoms with van der Waals surface area (Å²) in [4.78, 5) is 5.66. The Morgan fingerprint density at radius 1 is 1.29 bits per heavy atom. The van der Waals surface area contributed by atoms with Gasteiger partial charge in [0.1, 0.15) is 5.82 Å². The van der Waals surface area contributed by atoms with Crippen molar-refractivity contribution in [3.8, 4) is 0 Å². The van der Waals surface area contributed by atoms with Crippen LogP contribution >= 0.6 is 11.3 Å². The number of rotatable bonds is 6. The zero-order valence-electron chi connectivity index (χ0n) is 11.7. The normalized spacial score (nSPS) is 11.6. The number of sulfonamides is 1. The van der Waals surface area contributed by atoms with Crippen molar-refractivity contribution in [2.24, 2.45) is 0 Å². The van der Waals surface area contributed by atoms with E-state index in [1.54, 1.807) is 19.1 Å². The highest BCUT2D eigenvalue weighted by atomic mass is 32.2. The van der Waals surface area contributed by atoms with E-state index < -0.39 is 16.0 Å². The molecule has 0 amide bonds. The van der Waals surface area contributed by atoms with E-state index in [0.717, 1.165) is 9.75 Å². The lowest BCUT2D eigenvalue weighted by atomic mass is 10.4. The van der Waals surface area contributed by atoms with Crippen molar-refractivity contribution in [3.05, 3.63) is 40.0 Å². The molecule has 0 aliphatic rings. The summed E-state index contributed by atoms with van der Waals surface area (Å²) in [6.07, 6.45) is 0. The first kappa shape index (κ1) is 15.9. The Hall–Kier alpha value is -1.51. The third kappa shape index (κ3) is 4.23. The van der Waals surface area contributed by atoms with Gasteiger partial charge in [0.15, 0.2) is 0 Å². The molecule has 2 N–H and O–H groups in total. The molecule has 2 rings (SSSR count). The first-order valence-electron chi connectivity index (χ1n) is 6.31. The van der Waals surface area contributed by atoms with Crippen LogP contribution in [0.15, 0.2) is 29.2 Å². The molecular formula is C13H16FN3O2S2. The molecule has 0 fully saturated rings. The van der Waals surface area contributed by atoms with Crippen molar-refractivity contribution < 1.29 is 12.8 Å². The molecule has 0 saturated carbocycles. The van der Waals surface area contributed by atoms with E-state index in [-0.39, 0.29) is 6.54 Å². The monoisotopic (exact) mass is 329 g/mol. The first-order valence-corrected chi connectivity index (χ1v) is 8.61. The van der Waals surface area contributed by atoms with Crippen molar-refractivity contribution in [2.75, 3.05) is 18.4 Å². The third-order valence-electron chi connectivity index (χ3n) is 2.72. The van der Waals surface area contributed by atoms with Gasteiger partial charge in [0.25, 0.3) is 0 Å². The average molecular weight is 329 g/mol. The summed E-state index contributed by atoms with van der Waals surface area (Å²) >= 11 is 1.45. The number of anilines is 1. The Kier molecular flexibility index (Phi) is 4.92. The molecule has 2 heterocycles. The van der Waals surface area contributed by atoms with Crippen LogP contribution in [0.4, 0.5) is 10.2 Å². The Morgan fingerprint density at radius 3 is 2.67 bits per heavy atom. The lowest BCUT2D eigenvalue weighted by molar-refractivity contribution is 0.580. The van der Waals surface area contributed by atoms with Gasteiger partial charge in [-0.05, 0) is 32.0 Å². The van der Waals surface area contributed by atoms with Crippen LogP contribution in [-0.2, 0) is 10.0 Å². The fourth-order valence-corrected chi connectivity index (χ4v) is 4.42. The van der Waals surface area contributed by atoms with Crippen molar-refractivity contribution in [1.82, 2.24) is 9.71 Å². The van der Waals surface area contributed by atoms with E-state index >= 15 is 0 Å². The fraction of sp³-hybridized carbons (Fsp3) is 0.308. The van der Waals surface area contributed by atoms with Crippen molar-refractivity contribution >= 4 is 27.2 Å². The molecule has 0 spiro atoms. The van der Waals surface area contributed by atoms with Crippen LogP contribution in [0.25, 0.3) is 0 Å². The van der Waals surface area contributed by atoms with Crippen LogP contribution < -0.4 is 10.0 Å². The molecule has 2 aromatic heterocycles. The van der Waals surface area contributed by atoms with Gasteiger partial charge in [0, 0.05) is 22.8 Å². The van der Waals surface area contributed by atoms with Crippen molar-refractivity contribution in [2.45, 2.75) is 18.7 Å². The van der Waals surface area contributed by atoms with E-state index in [0.29, 0.717) is 17.3 Å². The molecular weight excluding hydrogens is 313 g/mol. The smallest absolute Gasteiger partial charge is 0.241 e. The number of halogens is 1. The van der Waals surface area contributed by atoms with E-state index in [9.17, 15) is 12.8 Å². The summed E-state index contributed by atoms with van der Waals surface area (Å²) in [6, 6.07) is 6.05. The Morgan fingerprint density at radius 2 is 2.05 bits per heavy atom. The highest BCUT2D eigenvalue weighted by Gasteiger charge is 2.18. The van der Waals surface area contributed by atoms with Crippen molar-refractivity contribution in [1.29, 1.82) is 0 Å². The summed E-state index contributed by atoms with van der Waals surface area (Å²) < 4.78 is 39.6. The number of hydrogen-bond donors (Lipinski definition) is 2. The molecule has 0 unspecified atom stereocenters. The quantitative estimate of drug-likeness (QED) is 0.630. The van der Waals surface area contributed by atoms with Crippen LogP contribution in [-0.4, -0.2) is 26.5 Å². The number of aryl methyl sites for hydroxylation is 2. The molecule has 0 aliphatic heterocycles. The van der Waals surface area contributed by atoms with Gasteiger partial charge in [-0.1, -0.05) is 6.07 Å². The summed E-state index contributed by atoms with van der Waals surface area (Å²) in [6.45, 7) is 4.15. The number of nitrogens with zero attached hydrogens (tertiary/aromatic N) is 1. The summed E-state index contributed by atoms with van der Waals surface area (Å²) in [7, 11) is -3.51. The molecule has 0 aromatic carbocycles. The second kappa shape index (κ2) is 6.50. The third-order valence-corrected chi connectivity index (χ3v) is 5.41. The lowest BCUT2D eigenvalue weighted by Gasteiger charge is -2.08. The van der Waals surface area contributed by atoms with Gasteiger partial charge in [-0.2, -0.15) is 4.39 Å². The average Bonchev–Trinajstić information content (AvgIpc) is 2.75. The predicted octanol–water partition coefficient (Wildman–Crippen LogP) is 2.29. The molecule has 8 heteroatoms. The van der Waals surface area contributed by atoms with Gasteiger partial charge < -0.3 is 5.32 Å². The zero-order chi connectivity index (χ0) is 15.5. The molecule has 5 nitrogen and oxygen atoms in total. The summed E-state index contributed by atoms with van der Waals surface area (Å²) in [5.74, 6) is -0.207. The number of hydrogen-bond acceptors (Lipinski definition) is 5. The fourth-order valence-electron chi connectivity index (χ4n) is 1.83. The molecule has 0 saturated heterocycles. The van der Waals surface area contributed by atoms with Gasteiger partial charge in [-0.25, -0.2) is 18.1 Å². The maximum absolute atomic E-state index is 12.9. The van der Waals surface area contributed by atoms with Crippen LogP contribution in [0.2, 0.25) is 0 Å². The highest BCUT2D eigenvalue weighted by molar-refractivity contribution is 7.89. The minimum absolute atomic E-state index is 0.189. The Labute approximate surface area is 127 Å². The van der Waals surface area contributed by atoms with E-state index in [2.05, 4.69) is 15.0 Å². The molecule has 21 heavy (non-hydrogen) atoms. The lowest BCUT2D eigenvalue weighted by Crippen LogP contribution is -2.29. The largest absolute Gasteiger partial charge is 0.369 e. The number of aromatic nitrogens is 1. The standard InChI is InChI=1S/C13H16FN3O2S2/c1-9-8-11(10(2)20-9)21(18,19)16-7-6-15-13-5-3-4-12(14)17-13/h3-5,8,16H,6-7H2,1-2H3,(H,15,17). The van der Waals surface area contributed by atoms with Gasteiger partial charge in [0.05, 0.1) is 4.90 Å². The van der Waals surface area contributed by atoms with Gasteiger partial charge >= 0.3 is 0 Å². The maximum Gasteiger partial charge on any atom is 0.241 e. The SMILES string of the molecule is Cc1cc(S(=O)(=O)NCCNc2cccc(F)n2)c(C)s1. The minimum atomic E-state index is -3.51. The van der Waals surface area contributed by atoms with Gasteiger partial charge in [0.2, 0.25) is 16.0 Å². The molecule has 0 atom stereocenters. The number of pyridine rings is 1. The highest BCUT2D eigenvalue weighted by Crippen LogP contribution is 2.24. The van der Waals surface area contributed by atoms with E-state index in [4.69, 9.17) is 0 Å². The number of thiophene rings is 1. The second-order valence-corrected chi connectivity index (χ2v) is 7.64. The molecule has 114 valence electrons. The zero-order valence-corrected chi connectivity index (χ0v) is 13.3. The predicted molar refractivity (Wildman–Crippen MR) is 81.7 cm³/mol. The molecule has 0 bridgehead atoms. The topological polar surface area (TPSA) is 71.1 Å². The minimum Gasteiger partial charge on any atom is -0.369 e.